The zero-order valence-corrected chi connectivity index (χ0v) is 8.58. The van der Waals surface area contributed by atoms with Gasteiger partial charge in [-0.1, -0.05) is 0 Å². The molecule has 1 aliphatic heterocycles. The van der Waals surface area contributed by atoms with Crippen LogP contribution >= 0.6 is 0 Å². The van der Waals surface area contributed by atoms with Gasteiger partial charge in [-0.2, -0.15) is 0 Å². The first-order chi connectivity index (χ1) is 6.85. The van der Waals surface area contributed by atoms with Crippen LogP contribution in [0.4, 0.5) is 0 Å². The van der Waals surface area contributed by atoms with E-state index < -0.39 is 0 Å². The Bertz CT molecular complexity index is 263. The number of hydrogen-bond donors (Lipinski definition) is 1. The van der Waals surface area contributed by atoms with Crippen LogP contribution in [-0.2, 0) is 11.2 Å². The monoisotopic (exact) mass is 195 g/mol. The minimum atomic E-state index is -0.0257. The Balaban J connectivity index is 2.04. The van der Waals surface area contributed by atoms with Crippen LogP contribution in [0.15, 0.2) is 23.0 Å². The molecular weight excluding hydrogens is 178 g/mol. The summed E-state index contributed by atoms with van der Waals surface area (Å²) in [4.78, 5) is 0. The van der Waals surface area contributed by atoms with Gasteiger partial charge in [0.05, 0.1) is 18.1 Å². The van der Waals surface area contributed by atoms with Crippen molar-refractivity contribution in [3.63, 3.8) is 0 Å². The van der Waals surface area contributed by atoms with Crippen LogP contribution in [0.2, 0.25) is 0 Å². The number of ether oxygens (including phenoxy) is 1. The summed E-state index contributed by atoms with van der Waals surface area (Å²) in [6, 6.07) is 2.01. The Morgan fingerprint density at radius 1 is 1.64 bits per heavy atom. The zero-order valence-electron chi connectivity index (χ0n) is 8.58. The molecule has 1 aromatic rings. The maximum absolute atomic E-state index is 5.65. The molecule has 2 rings (SSSR count). The molecule has 1 N–H and O–H groups in total. The van der Waals surface area contributed by atoms with E-state index in [2.05, 4.69) is 5.32 Å². The van der Waals surface area contributed by atoms with Crippen molar-refractivity contribution >= 4 is 0 Å². The summed E-state index contributed by atoms with van der Waals surface area (Å²) in [5.41, 5.74) is 1.19. The molecular formula is C11H17NO2. The van der Waals surface area contributed by atoms with Crippen molar-refractivity contribution in [3.8, 4) is 0 Å². The van der Waals surface area contributed by atoms with E-state index in [-0.39, 0.29) is 5.60 Å². The lowest BCUT2D eigenvalue weighted by Crippen LogP contribution is -2.48. The highest BCUT2D eigenvalue weighted by molar-refractivity contribution is 5.10. The highest BCUT2D eigenvalue weighted by Crippen LogP contribution is 2.25. The third-order valence-electron chi connectivity index (χ3n) is 2.97. The van der Waals surface area contributed by atoms with Gasteiger partial charge in [0.25, 0.3) is 0 Å². The highest BCUT2D eigenvalue weighted by atomic mass is 16.5. The molecule has 0 bridgehead atoms. The second-order valence-corrected chi connectivity index (χ2v) is 3.98. The summed E-state index contributed by atoms with van der Waals surface area (Å²) in [5.74, 6) is 0. The van der Waals surface area contributed by atoms with E-state index in [9.17, 15) is 0 Å². The van der Waals surface area contributed by atoms with Crippen LogP contribution in [0.1, 0.15) is 18.4 Å². The van der Waals surface area contributed by atoms with Gasteiger partial charge in [0.1, 0.15) is 0 Å². The molecule has 14 heavy (non-hydrogen) atoms. The quantitative estimate of drug-likeness (QED) is 0.795. The molecule has 0 radical (unpaired) electrons. The van der Waals surface area contributed by atoms with Gasteiger partial charge in [0, 0.05) is 20.1 Å². The Morgan fingerprint density at radius 3 is 3.14 bits per heavy atom. The summed E-state index contributed by atoms with van der Waals surface area (Å²) in [5, 5.41) is 3.38. The van der Waals surface area contributed by atoms with Gasteiger partial charge in [0.2, 0.25) is 0 Å². The molecule has 0 spiro atoms. The molecule has 0 amide bonds. The maximum atomic E-state index is 5.65. The van der Waals surface area contributed by atoms with Gasteiger partial charge in [-0.05, 0) is 31.0 Å². The lowest BCUT2D eigenvalue weighted by atomic mass is 9.88. The molecule has 0 aliphatic carbocycles. The van der Waals surface area contributed by atoms with E-state index in [4.69, 9.17) is 9.15 Å². The molecule has 1 saturated heterocycles. The van der Waals surface area contributed by atoms with Crippen LogP contribution in [0.5, 0.6) is 0 Å². The molecule has 1 unspecified atom stereocenters. The lowest BCUT2D eigenvalue weighted by molar-refractivity contribution is -0.0278. The molecule has 1 fully saturated rings. The van der Waals surface area contributed by atoms with E-state index in [1.54, 1.807) is 19.6 Å². The van der Waals surface area contributed by atoms with Gasteiger partial charge >= 0.3 is 0 Å². The standard InChI is InChI=1S/C11H17NO2/c1-13-11(4-2-5-12-9-11)7-10-3-6-14-8-10/h3,6,8,12H,2,4-5,7,9H2,1H3. The number of rotatable bonds is 3. The molecule has 0 saturated carbocycles. The van der Waals surface area contributed by atoms with Crippen molar-refractivity contribution in [1.29, 1.82) is 0 Å². The number of piperidine rings is 1. The summed E-state index contributed by atoms with van der Waals surface area (Å²) >= 11 is 0. The predicted molar refractivity (Wildman–Crippen MR) is 54.3 cm³/mol. The van der Waals surface area contributed by atoms with Crippen LogP contribution in [0, 0.1) is 0 Å². The molecule has 3 heteroatoms. The molecule has 78 valence electrons. The van der Waals surface area contributed by atoms with Crippen LogP contribution < -0.4 is 5.32 Å². The van der Waals surface area contributed by atoms with Crippen molar-refractivity contribution in [1.82, 2.24) is 5.32 Å². The number of methoxy groups -OCH3 is 1. The van der Waals surface area contributed by atoms with Crippen molar-refractivity contribution in [2.75, 3.05) is 20.2 Å². The maximum Gasteiger partial charge on any atom is 0.0935 e. The van der Waals surface area contributed by atoms with Gasteiger partial charge in [-0.15, -0.1) is 0 Å². The molecule has 1 aromatic heterocycles. The fourth-order valence-electron chi connectivity index (χ4n) is 2.10. The third kappa shape index (κ3) is 1.99. The van der Waals surface area contributed by atoms with Crippen molar-refractivity contribution in [3.05, 3.63) is 24.2 Å². The van der Waals surface area contributed by atoms with E-state index >= 15 is 0 Å². The Hall–Kier alpha value is -0.800. The van der Waals surface area contributed by atoms with Gasteiger partial charge in [-0.3, -0.25) is 0 Å². The predicted octanol–water partition coefficient (Wildman–Crippen LogP) is 1.59. The normalized spacial score (nSPS) is 27.8. The number of nitrogens with one attached hydrogen (secondary N) is 1. The summed E-state index contributed by atoms with van der Waals surface area (Å²) < 4.78 is 10.7. The average Bonchev–Trinajstić information content (AvgIpc) is 2.72. The van der Waals surface area contributed by atoms with E-state index in [0.29, 0.717) is 0 Å². The van der Waals surface area contributed by atoms with E-state index in [1.807, 2.05) is 6.07 Å². The second kappa shape index (κ2) is 4.15. The van der Waals surface area contributed by atoms with Crippen molar-refractivity contribution in [2.45, 2.75) is 24.9 Å². The first kappa shape index (κ1) is 9.74. The molecule has 0 aromatic carbocycles. The Morgan fingerprint density at radius 2 is 2.57 bits per heavy atom. The largest absolute Gasteiger partial charge is 0.472 e. The fraction of sp³-hybridized carbons (Fsp3) is 0.636. The van der Waals surface area contributed by atoms with Crippen molar-refractivity contribution < 1.29 is 9.15 Å². The van der Waals surface area contributed by atoms with Crippen LogP contribution in [0.25, 0.3) is 0 Å². The summed E-state index contributed by atoms with van der Waals surface area (Å²) in [7, 11) is 1.80. The van der Waals surface area contributed by atoms with E-state index in [0.717, 1.165) is 25.9 Å². The minimum absolute atomic E-state index is 0.0257. The summed E-state index contributed by atoms with van der Waals surface area (Å²) in [6.07, 6.45) is 6.77. The van der Waals surface area contributed by atoms with Crippen molar-refractivity contribution in [2.24, 2.45) is 0 Å². The molecule has 3 nitrogen and oxygen atoms in total. The molecule has 1 aliphatic rings. The smallest absolute Gasteiger partial charge is 0.0935 e. The lowest BCUT2D eigenvalue weighted by Gasteiger charge is -2.36. The Kier molecular flexibility index (Phi) is 2.89. The highest BCUT2D eigenvalue weighted by Gasteiger charge is 2.32. The first-order valence-electron chi connectivity index (χ1n) is 5.12. The van der Waals surface area contributed by atoms with Gasteiger partial charge < -0.3 is 14.5 Å². The summed E-state index contributed by atoms with van der Waals surface area (Å²) in [6.45, 7) is 2.05. The Labute approximate surface area is 84.4 Å². The van der Waals surface area contributed by atoms with Crippen LogP contribution in [-0.4, -0.2) is 25.8 Å². The average molecular weight is 195 g/mol. The van der Waals surface area contributed by atoms with E-state index in [1.165, 1.54) is 12.0 Å². The molecule has 2 heterocycles. The molecule has 1 atom stereocenters. The van der Waals surface area contributed by atoms with Gasteiger partial charge in [-0.25, -0.2) is 0 Å². The second-order valence-electron chi connectivity index (χ2n) is 3.98. The third-order valence-corrected chi connectivity index (χ3v) is 2.97. The topological polar surface area (TPSA) is 34.4 Å². The minimum Gasteiger partial charge on any atom is -0.472 e. The first-order valence-corrected chi connectivity index (χ1v) is 5.12. The number of hydrogen-bond acceptors (Lipinski definition) is 3. The SMILES string of the molecule is COC1(Cc2ccoc2)CCCNC1. The number of furan rings is 1. The zero-order chi connectivity index (χ0) is 9.86. The fourth-order valence-corrected chi connectivity index (χ4v) is 2.10. The van der Waals surface area contributed by atoms with Crippen LogP contribution in [0.3, 0.4) is 0 Å². The van der Waals surface area contributed by atoms with Gasteiger partial charge in [0.15, 0.2) is 0 Å².